The van der Waals surface area contributed by atoms with Crippen molar-refractivity contribution in [3.05, 3.63) is 46.6 Å². The minimum absolute atomic E-state index is 0.107. The van der Waals surface area contributed by atoms with Crippen molar-refractivity contribution in [3.63, 3.8) is 0 Å². The topological polar surface area (TPSA) is 115 Å². The van der Waals surface area contributed by atoms with Crippen LogP contribution in [0.25, 0.3) is 11.0 Å². The molecular weight excluding hydrogens is 517 g/mol. The average Bonchev–Trinajstić information content (AvgIpc) is 3.21. The molecule has 3 aromatic rings. The van der Waals surface area contributed by atoms with Crippen LogP contribution in [-0.4, -0.2) is 63.5 Å². The lowest BCUT2D eigenvalue weighted by Gasteiger charge is -2.42. The molecular formula is C23H24F5N7O3. The second-order valence-corrected chi connectivity index (χ2v) is 9.06. The standard InChI is InChI=1S/C23H24F5N7O3/c1-12(36)31-17-9-30-19-15(17)7-14(8-29-19)35-5-4-18(22(24,25)11-35)34(3)21(38)32-16-6-13(23(26,27)28)10-33(2)20(16)37/h6-10,18H,4-5,11H2,1-3H3,(H,29,30)(H,31,36)(H,32,38). The average molecular weight is 541 g/mol. The van der Waals surface area contributed by atoms with Gasteiger partial charge in [-0.2, -0.15) is 13.2 Å². The smallest absolute Gasteiger partial charge is 0.364 e. The lowest BCUT2D eigenvalue weighted by molar-refractivity contribution is -0.138. The maximum atomic E-state index is 15.3. The van der Waals surface area contributed by atoms with Crippen LogP contribution < -0.4 is 21.1 Å². The van der Waals surface area contributed by atoms with Crippen molar-refractivity contribution in [2.24, 2.45) is 7.05 Å². The molecule has 4 heterocycles. The minimum Gasteiger partial charge on any atom is -0.364 e. The van der Waals surface area contributed by atoms with Crippen LogP contribution in [0, 0.1) is 0 Å². The molecule has 1 unspecified atom stereocenters. The number of aryl methyl sites for hydroxylation is 1. The van der Waals surface area contributed by atoms with E-state index in [0.717, 1.165) is 14.1 Å². The number of aromatic amines is 1. The number of hydrogen-bond acceptors (Lipinski definition) is 5. The zero-order chi connectivity index (χ0) is 28.0. The largest absolute Gasteiger partial charge is 0.417 e. The summed E-state index contributed by atoms with van der Waals surface area (Å²) in [5, 5.41) is 5.20. The van der Waals surface area contributed by atoms with E-state index in [-0.39, 0.29) is 18.9 Å². The Hall–Kier alpha value is -4.17. The van der Waals surface area contributed by atoms with Gasteiger partial charge in [0.2, 0.25) is 5.91 Å². The Kier molecular flexibility index (Phi) is 6.80. The number of piperidine rings is 1. The lowest BCUT2D eigenvalue weighted by atomic mass is 9.99. The minimum atomic E-state index is -4.78. The first-order valence-corrected chi connectivity index (χ1v) is 11.4. The Labute approximate surface area is 212 Å². The summed E-state index contributed by atoms with van der Waals surface area (Å²) < 4.78 is 70.5. The number of fused-ring (bicyclic) bond motifs is 1. The van der Waals surface area contributed by atoms with Gasteiger partial charge in [0.15, 0.2) is 0 Å². The SMILES string of the molecule is CC(=O)Nc1c[nH]c2ncc(N3CCC(N(C)C(=O)Nc4cc(C(F)(F)F)cn(C)c4=O)C(F)(F)C3)cc12. The van der Waals surface area contributed by atoms with Gasteiger partial charge in [0.25, 0.3) is 11.5 Å². The molecule has 0 bridgehead atoms. The Balaban J connectivity index is 1.51. The van der Waals surface area contributed by atoms with Crippen molar-refractivity contribution in [1.29, 1.82) is 0 Å². The van der Waals surface area contributed by atoms with Gasteiger partial charge in [-0.05, 0) is 18.6 Å². The van der Waals surface area contributed by atoms with E-state index in [1.165, 1.54) is 24.2 Å². The van der Waals surface area contributed by atoms with Gasteiger partial charge in [0.05, 0.1) is 29.7 Å². The van der Waals surface area contributed by atoms with E-state index in [1.54, 1.807) is 6.07 Å². The molecule has 3 N–H and O–H groups in total. The third-order valence-electron chi connectivity index (χ3n) is 6.29. The number of alkyl halides is 5. The van der Waals surface area contributed by atoms with Gasteiger partial charge in [-0.15, -0.1) is 0 Å². The van der Waals surface area contributed by atoms with E-state index >= 15 is 8.78 Å². The van der Waals surface area contributed by atoms with E-state index in [1.807, 2.05) is 5.32 Å². The molecule has 0 radical (unpaired) electrons. The lowest BCUT2D eigenvalue weighted by Crippen LogP contribution is -2.59. The van der Waals surface area contributed by atoms with Crippen molar-refractivity contribution in [1.82, 2.24) is 19.4 Å². The van der Waals surface area contributed by atoms with Crippen LogP contribution in [0.4, 0.5) is 43.8 Å². The molecule has 1 atom stereocenters. The Morgan fingerprint density at radius 1 is 1.21 bits per heavy atom. The molecule has 38 heavy (non-hydrogen) atoms. The number of nitrogens with zero attached hydrogens (tertiary/aromatic N) is 4. The van der Waals surface area contributed by atoms with E-state index in [0.29, 0.717) is 44.1 Å². The molecule has 0 aliphatic carbocycles. The molecule has 1 fully saturated rings. The zero-order valence-electron chi connectivity index (χ0n) is 20.5. The van der Waals surface area contributed by atoms with Crippen molar-refractivity contribution in [2.75, 3.05) is 35.7 Å². The van der Waals surface area contributed by atoms with Crippen molar-refractivity contribution >= 4 is 40.0 Å². The summed E-state index contributed by atoms with van der Waals surface area (Å²) in [6, 6.07) is -0.656. The number of H-pyrrole nitrogens is 1. The van der Waals surface area contributed by atoms with E-state index < -0.39 is 47.5 Å². The molecule has 0 aromatic carbocycles. The number of carbonyl (C=O) groups excluding carboxylic acids is 2. The quantitative estimate of drug-likeness (QED) is 0.437. The molecule has 10 nitrogen and oxygen atoms in total. The number of nitrogens with one attached hydrogen (secondary N) is 3. The summed E-state index contributed by atoms with van der Waals surface area (Å²) in [5.41, 5.74) is -1.50. The van der Waals surface area contributed by atoms with Crippen LogP contribution in [0.2, 0.25) is 0 Å². The Morgan fingerprint density at radius 3 is 2.55 bits per heavy atom. The number of pyridine rings is 2. The predicted molar refractivity (Wildman–Crippen MR) is 129 cm³/mol. The van der Waals surface area contributed by atoms with Crippen molar-refractivity contribution < 1.29 is 31.5 Å². The van der Waals surface area contributed by atoms with Gasteiger partial charge >= 0.3 is 12.2 Å². The number of carbonyl (C=O) groups is 2. The van der Waals surface area contributed by atoms with Gasteiger partial charge in [-0.25, -0.2) is 18.6 Å². The highest BCUT2D eigenvalue weighted by molar-refractivity contribution is 6.00. The number of amides is 3. The molecule has 3 aromatic heterocycles. The van der Waals surface area contributed by atoms with Crippen LogP contribution >= 0.6 is 0 Å². The molecule has 1 aliphatic rings. The van der Waals surface area contributed by atoms with Crippen LogP contribution in [0.3, 0.4) is 0 Å². The van der Waals surface area contributed by atoms with E-state index in [4.69, 9.17) is 0 Å². The van der Waals surface area contributed by atoms with Gasteiger partial charge in [-0.3, -0.25) is 9.59 Å². The molecule has 204 valence electrons. The molecule has 0 spiro atoms. The normalized spacial score (nSPS) is 17.4. The molecule has 0 saturated carbocycles. The van der Waals surface area contributed by atoms with Crippen LogP contribution in [0.5, 0.6) is 0 Å². The van der Waals surface area contributed by atoms with Crippen LogP contribution in [0.15, 0.2) is 35.5 Å². The van der Waals surface area contributed by atoms with Gasteiger partial charge < -0.3 is 30.0 Å². The fourth-order valence-corrected chi connectivity index (χ4v) is 4.39. The highest BCUT2D eigenvalue weighted by Crippen LogP contribution is 2.35. The van der Waals surface area contributed by atoms with Crippen LogP contribution in [-0.2, 0) is 18.0 Å². The maximum absolute atomic E-state index is 15.3. The Morgan fingerprint density at radius 2 is 1.92 bits per heavy atom. The summed E-state index contributed by atoms with van der Waals surface area (Å²) in [6.45, 7) is 0.670. The zero-order valence-corrected chi connectivity index (χ0v) is 20.5. The summed E-state index contributed by atoms with van der Waals surface area (Å²) in [5.74, 6) is -3.73. The highest BCUT2D eigenvalue weighted by Gasteiger charge is 2.48. The number of anilines is 3. The molecule has 1 saturated heterocycles. The number of urea groups is 1. The van der Waals surface area contributed by atoms with Crippen molar-refractivity contribution in [3.8, 4) is 0 Å². The monoisotopic (exact) mass is 541 g/mol. The first kappa shape index (κ1) is 26.9. The van der Waals surface area contributed by atoms with Gasteiger partial charge in [-0.1, -0.05) is 0 Å². The molecule has 3 amide bonds. The first-order chi connectivity index (χ1) is 17.7. The fraction of sp³-hybridized carbons (Fsp3) is 0.391. The number of halogens is 5. The Bertz CT molecular complexity index is 1450. The van der Waals surface area contributed by atoms with Gasteiger partial charge in [0, 0.05) is 45.3 Å². The predicted octanol–water partition coefficient (Wildman–Crippen LogP) is 3.62. The number of rotatable bonds is 4. The summed E-state index contributed by atoms with van der Waals surface area (Å²) in [4.78, 5) is 45.6. The molecule has 4 rings (SSSR count). The second-order valence-electron chi connectivity index (χ2n) is 9.06. The second kappa shape index (κ2) is 9.61. The summed E-state index contributed by atoms with van der Waals surface area (Å²) in [6.07, 6.45) is -1.44. The fourth-order valence-electron chi connectivity index (χ4n) is 4.39. The maximum Gasteiger partial charge on any atom is 0.417 e. The van der Waals surface area contributed by atoms with Gasteiger partial charge in [0.1, 0.15) is 17.4 Å². The van der Waals surface area contributed by atoms with Crippen molar-refractivity contribution in [2.45, 2.75) is 31.5 Å². The summed E-state index contributed by atoms with van der Waals surface area (Å²) >= 11 is 0. The van der Waals surface area contributed by atoms with Crippen LogP contribution in [0.1, 0.15) is 18.9 Å². The molecule has 15 heteroatoms. The summed E-state index contributed by atoms with van der Waals surface area (Å²) in [7, 11) is 2.18. The van der Waals surface area contributed by atoms with E-state index in [9.17, 15) is 27.6 Å². The third-order valence-corrected chi connectivity index (χ3v) is 6.29. The number of aromatic nitrogens is 3. The van der Waals surface area contributed by atoms with E-state index in [2.05, 4.69) is 15.3 Å². The highest BCUT2D eigenvalue weighted by atomic mass is 19.4. The molecule has 1 aliphatic heterocycles. The first-order valence-electron chi connectivity index (χ1n) is 11.4. The number of hydrogen-bond donors (Lipinski definition) is 3. The third kappa shape index (κ3) is 5.26.